The number of ether oxygens (including phenoxy) is 1. The molecule has 2 aromatic carbocycles. The first-order valence-corrected chi connectivity index (χ1v) is 10.7. The molecular weight excluding hydrogens is 427 g/mol. The number of hydrogen-bond acceptors (Lipinski definition) is 3. The standard InChI is InChI=1S/C22H22Cl2N2O4/c23-15-4-1-14(20(24)9-15)12-25-22(29)26-16-5-6-17(26)11-19(10-16)30-18-7-2-13(3-8-18)21(27)28/h1-4,7-9,16-17,19H,5-6,10-12H2,(H,25,29)(H,27,28). The van der Waals surface area contributed by atoms with Crippen molar-refractivity contribution in [2.45, 2.75) is 50.4 Å². The molecule has 2 heterocycles. The lowest BCUT2D eigenvalue weighted by atomic mass is 10.00. The Morgan fingerprint density at radius 1 is 1.07 bits per heavy atom. The lowest BCUT2D eigenvalue weighted by Crippen LogP contribution is -2.52. The van der Waals surface area contributed by atoms with Crippen LogP contribution in [0, 0.1) is 0 Å². The molecule has 6 nitrogen and oxygen atoms in total. The van der Waals surface area contributed by atoms with E-state index >= 15 is 0 Å². The lowest BCUT2D eigenvalue weighted by molar-refractivity contribution is 0.0686. The zero-order chi connectivity index (χ0) is 21.3. The summed E-state index contributed by atoms with van der Waals surface area (Å²) < 4.78 is 6.07. The normalized spacial score (nSPS) is 22.6. The molecule has 2 unspecified atom stereocenters. The molecule has 2 fully saturated rings. The number of carboxylic acids is 1. The largest absolute Gasteiger partial charge is 0.490 e. The summed E-state index contributed by atoms with van der Waals surface area (Å²) in [6.45, 7) is 0.348. The van der Waals surface area contributed by atoms with Gasteiger partial charge in [-0.05, 0) is 54.8 Å². The molecule has 0 aliphatic carbocycles. The van der Waals surface area contributed by atoms with Crippen LogP contribution in [0.1, 0.15) is 41.6 Å². The van der Waals surface area contributed by atoms with E-state index in [0.717, 1.165) is 31.2 Å². The van der Waals surface area contributed by atoms with E-state index in [1.165, 1.54) is 12.1 Å². The van der Waals surface area contributed by atoms with Crippen molar-refractivity contribution in [3.8, 4) is 5.75 Å². The van der Waals surface area contributed by atoms with Crippen molar-refractivity contribution in [1.29, 1.82) is 0 Å². The number of carbonyl (C=O) groups excluding carboxylic acids is 1. The second kappa shape index (κ2) is 8.74. The molecule has 0 spiro atoms. The highest BCUT2D eigenvalue weighted by molar-refractivity contribution is 6.35. The van der Waals surface area contributed by atoms with Crippen molar-refractivity contribution in [2.75, 3.05) is 0 Å². The summed E-state index contributed by atoms with van der Waals surface area (Å²) in [6.07, 6.45) is 3.43. The average Bonchev–Trinajstić information content (AvgIpc) is 2.98. The minimum absolute atomic E-state index is 0.00735. The van der Waals surface area contributed by atoms with E-state index in [0.29, 0.717) is 22.3 Å². The number of carboxylic acid groups (broad SMARTS) is 1. The zero-order valence-corrected chi connectivity index (χ0v) is 17.7. The van der Waals surface area contributed by atoms with Gasteiger partial charge in [-0.3, -0.25) is 0 Å². The van der Waals surface area contributed by atoms with Crippen molar-refractivity contribution in [1.82, 2.24) is 10.2 Å². The molecule has 0 saturated carbocycles. The predicted octanol–water partition coefficient (Wildman–Crippen LogP) is 4.98. The summed E-state index contributed by atoms with van der Waals surface area (Å²) in [7, 11) is 0. The number of urea groups is 1. The Balaban J connectivity index is 1.34. The Labute approximate surface area is 184 Å². The fraction of sp³-hybridized carbons (Fsp3) is 0.364. The Kier molecular flexibility index (Phi) is 6.06. The summed E-state index contributed by atoms with van der Waals surface area (Å²) in [5.74, 6) is -0.307. The maximum atomic E-state index is 12.8. The van der Waals surface area contributed by atoms with Gasteiger partial charge in [0.15, 0.2) is 0 Å². The van der Waals surface area contributed by atoms with Crippen LogP contribution in [0.5, 0.6) is 5.75 Å². The van der Waals surface area contributed by atoms with Crippen LogP contribution in [0.2, 0.25) is 10.0 Å². The van der Waals surface area contributed by atoms with E-state index in [1.807, 2.05) is 11.0 Å². The van der Waals surface area contributed by atoms with Gasteiger partial charge in [0.1, 0.15) is 11.9 Å². The van der Waals surface area contributed by atoms with Crippen LogP contribution in [-0.2, 0) is 6.54 Å². The van der Waals surface area contributed by atoms with Crippen LogP contribution < -0.4 is 10.1 Å². The molecule has 0 aromatic heterocycles. The number of piperidine rings is 1. The Morgan fingerprint density at radius 3 is 2.33 bits per heavy atom. The van der Waals surface area contributed by atoms with Gasteiger partial charge in [-0.25, -0.2) is 9.59 Å². The molecule has 2 aliphatic heterocycles. The van der Waals surface area contributed by atoms with Gasteiger partial charge in [0.2, 0.25) is 0 Å². The number of nitrogens with one attached hydrogen (secondary N) is 1. The third-order valence-corrected chi connectivity index (χ3v) is 6.36. The van der Waals surface area contributed by atoms with Gasteiger partial charge < -0.3 is 20.1 Å². The van der Waals surface area contributed by atoms with Crippen LogP contribution in [-0.4, -0.2) is 40.2 Å². The Bertz CT molecular complexity index is 937. The second-order valence-electron chi connectivity index (χ2n) is 7.73. The number of hydrogen-bond donors (Lipinski definition) is 2. The number of aromatic carboxylic acids is 1. The van der Waals surface area contributed by atoms with E-state index in [4.69, 9.17) is 33.0 Å². The van der Waals surface area contributed by atoms with Crippen molar-refractivity contribution in [3.63, 3.8) is 0 Å². The molecule has 8 heteroatoms. The summed E-state index contributed by atoms with van der Waals surface area (Å²) >= 11 is 12.1. The molecule has 2 saturated heterocycles. The van der Waals surface area contributed by atoms with Crippen LogP contribution in [0.3, 0.4) is 0 Å². The van der Waals surface area contributed by atoms with Crippen LogP contribution in [0.25, 0.3) is 0 Å². The number of nitrogens with zero attached hydrogens (tertiary/aromatic N) is 1. The molecule has 4 rings (SSSR count). The fourth-order valence-electron chi connectivity index (χ4n) is 4.35. The summed E-state index contributed by atoms with van der Waals surface area (Å²) in [6, 6.07) is 11.9. The molecule has 2 atom stereocenters. The molecule has 2 aliphatic rings. The van der Waals surface area contributed by atoms with Gasteiger partial charge in [-0.2, -0.15) is 0 Å². The van der Waals surface area contributed by atoms with Gasteiger partial charge >= 0.3 is 12.0 Å². The number of benzene rings is 2. The number of carbonyl (C=O) groups is 2. The fourth-order valence-corrected chi connectivity index (χ4v) is 4.83. The Hall–Kier alpha value is -2.44. The van der Waals surface area contributed by atoms with E-state index in [1.54, 1.807) is 24.3 Å². The summed E-state index contributed by atoms with van der Waals surface area (Å²) in [4.78, 5) is 25.7. The van der Waals surface area contributed by atoms with Gasteiger partial charge in [-0.1, -0.05) is 29.3 Å². The van der Waals surface area contributed by atoms with Gasteiger partial charge in [0.25, 0.3) is 0 Å². The molecule has 2 aromatic rings. The average molecular weight is 449 g/mol. The first-order chi connectivity index (χ1) is 14.4. The monoisotopic (exact) mass is 448 g/mol. The molecule has 2 N–H and O–H groups in total. The minimum atomic E-state index is -0.959. The number of amides is 2. The highest BCUT2D eigenvalue weighted by atomic mass is 35.5. The maximum Gasteiger partial charge on any atom is 0.335 e. The first-order valence-electron chi connectivity index (χ1n) is 9.91. The number of fused-ring (bicyclic) bond motifs is 2. The molecular formula is C22H22Cl2N2O4. The predicted molar refractivity (Wildman–Crippen MR) is 114 cm³/mol. The highest BCUT2D eigenvalue weighted by Crippen LogP contribution is 2.37. The van der Waals surface area contributed by atoms with Crippen LogP contribution in [0.15, 0.2) is 42.5 Å². The van der Waals surface area contributed by atoms with E-state index in [9.17, 15) is 9.59 Å². The Morgan fingerprint density at radius 2 is 1.73 bits per heavy atom. The van der Waals surface area contributed by atoms with Crippen molar-refractivity contribution in [2.24, 2.45) is 0 Å². The minimum Gasteiger partial charge on any atom is -0.490 e. The zero-order valence-electron chi connectivity index (χ0n) is 16.2. The maximum absolute atomic E-state index is 12.8. The molecule has 158 valence electrons. The van der Waals surface area contributed by atoms with E-state index in [2.05, 4.69) is 5.32 Å². The molecule has 30 heavy (non-hydrogen) atoms. The highest BCUT2D eigenvalue weighted by Gasteiger charge is 2.44. The van der Waals surface area contributed by atoms with Gasteiger partial charge in [0, 0.05) is 41.5 Å². The van der Waals surface area contributed by atoms with Crippen molar-refractivity contribution < 1.29 is 19.4 Å². The first kappa shape index (κ1) is 20.8. The van der Waals surface area contributed by atoms with Gasteiger partial charge in [0.05, 0.1) is 5.56 Å². The summed E-state index contributed by atoms with van der Waals surface area (Å²) in [5, 5.41) is 13.1. The van der Waals surface area contributed by atoms with Crippen LogP contribution >= 0.6 is 23.2 Å². The molecule has 0 radical (unpaired) electrons. The summed E-state index contributed by atoms with van der Waals surface area (Å²) in [5.41, 5.74) is 1.06. The SMILES string of the molecule is O=C(O)c1ccc(OC2CC3CCC(C2)N3C(=O)NCc2ccc(Cl)cc2Cl)cc1. The van der Waals surface area contributed by atoms with Crippen molar-refractivity contribution >= 4 is 35.2 Å². The third kappa shape index (κ3) is 4.50. The van der Waals surface area contributed by atoms with E-state index in [-0.39, 0.29) is 29.8 Å². The van der Waals surface area contributed by atoms with E-state index < -0.39 is 5.97 Å². The van der Waals surface area contributed by atoms with Crippen LogP contribution in [0.4, 0.5) is 4.79 Å². The number of halogens is 2. The third-order valence-electron chi connectivity index (χ3n) is 5.77. The van der Waals surface area contributed by atoms with Gasteiger partial charge in [-0.15, -0.1) is 0 Å². The number of rotatable bonds is 5. The topological polar surface area (TPSA) is 78.9 Å². The van der Waals surface area contributed by atoms with Crippen molar-refractivity contribution in [3.05, 3.63) is 63.6 Å². The molecule has 2 bridgehead atoms. The second-order valence-corrected chi connectivity index (χ2v) is 8.57. The lowest BCUT2D eigenvalue weighted by Gasteiger charge is -2.38. The molecule has 2 amide bonds. The quantitative estimate of drug-likeness (QED) is 0.675. The smallest absolute Gasteiger partial charge is 0.335 e.